The van der Waals surface area contributed by atoms with Crippen LogP contribution < -0.4 is 4.90 Å². The van der Waals surface area contributed by atoms with Crippen molar-refractivity contribution < 1.29 is 23.9 Å². The average molecular weight is 489 g/mol. The molecule has 2 aromatic rings. The van der Waals surface area contributed by atoms with E-state index < -0.39 is 11.6 Å². The number of carbonyl (C=O) groups is 3. The van der Waals surface area contributed by atoms with Crippen molar-refractivity contribution in [1.29, 1.82) is 0 Å². The molecule has 3 rings (SSSR count). The lowest BCUT2D eigenvalue weighted by atomic mass is 10.2. The quantitative estimate of drug-likeness (QED) is 0.599. The summed E-state index contributed by atoms with van der Waals surface area (Å²) in [5, 5.41) is 0.558. The molecule has 1 aliphatic heterocycles. The second-order valence-corrected chi connectivity index (χ2v) is 9.27. The van der Waals surface area contributed by atoms with Gasteiger partial charge in [0.15, 0.2) is 0 Å². The minimum atomic E-state index is -0.578. The maximum atomic E-state index is 13.5. The number of piperazine rings is 1. The summed E-state index contributed by atoms with van der Waals surface area (Å²) in [6, 6.07) is 10.0. The Kier molecular flexibility index (Phi) is 7.98. The molecule has 10 heteroatoms. The summed E-state index contributed by atoms with van der Waals surface area (Å²) in [5.41, 5.74) is 1.01. The van der Waals surface area contributed by atoms with Gasteiger partial charge >= 0.3 is 18.1 Å². The van der Waals surface area contributed by atoms with Crippen molar-refractivity contribution in [3.8, 4) is 0 Å². The Morgan fingerprint density at radius 3 is 2.15 bits per heavy atom. The highest BCUT2D eigenvalue weighted by Crippen LogP contribution is 2.22. The number of aromatic nitrogens is 1. The van der Waals surface area contributed by atoms with Crippen LogP contribution in [0.5, 0.6) is 0 Å². The number of methoxy groups -OCH3 is 1. The van der Waals surface area contributed by atoms with Gasteiger partial charge in [-0.15, -0.1) is 0 Å². The minimum absolute atomic E-state index is 0.189. The van der Waals surface area contributed by atoms with Gasteiger partial charge in [0.2, 0.25) is 0 Å². The van der Waals surface area contributed by atoms with Crippen molar-refractivity contribution in [2.45, 2.75) is 32.9 Å². The molecule has 0 bridgehead atoms. The first-order valence-corrected chi connectivity index (χ1v) is 11.3. The third-order valence-corrected chi connectivity index (χ3v) is 5.39. The van der Waals surface area contributed by atoms with Crippen LogP contribution in [0.4, 0.5) is 15.3 Å². The van der Waals surface area contributed by atoms with E-state index in [0.717, 1.165) is 0 Å². The monoisotopic (exact) mass is 488 g/mol. The average Bonchev–Trinajstić information content (AvgIpc) is 2.81. The number of hydrogen-bond donors (Lipinski definition) is 0. The van der Waals surface area contributed by atoms with E-state index in [1.54, 1.807) is 51.1 Å². The molecule has 9 nitrogen and oxygen atoms in total. The van der Waals surface area contributed by atoms with E-state index >= 15 is 0 Å². The SMILES string of the molecule is COC(=O)c1ccc(CN(C(=O)N2CCN(C(=O)OC(C)(C)C)CC2)c2ccc(Cl)cc2)nc1. The molecule has 0 radical (unpaired) electrons. The molecule has 0 saturated carbocycles. The van der Waals surface area contributed by atoms with E-state index in [1.165, 1.54) is 13.3 Å². The predicted molar refractivity (Wildman–Crippen MR) is 128 cm³/mol. The number of benzene rings is 1. The standard InChI is InChI=1S/C24H29ClN4O5/c1-24(2,3)34-23(32)28-13-11-27(12-14-28)22(31)29(20-9-6-18(25)7-10-20)16-19-8-5-17(15-26-19)21(30)33-4/h5-10,15H,11-14,16H2,1-4H3. The predicted octanol–water partition coefficient (Wildman–Crippen LogP) is 4.20. The molecule has 34 heavy (non-hydrogen) atoms. The number of nitrogens with zero attached hydrogens (tertiary/aromatic N) is 4. The van der Waals surface area contributed by atoms with E-state index in [0.29, 0.717) is 48.1 Å². The molecule has 0 spiro atoms. The lowest BCUT2D eigenvalue weighted by Gasteiger charge is -2.38. The molecular formula is C24H29ClN4O5. The zero-order valence-electron chi connectivity index (χ0n) is 19.8. The van der Waals surface area contributed by atoms with E-state index in [4.69, 9.17) is 21.1 Å². The van der Waals surface area contributed by atoms with Gasteiger partial charge in [-0.25, -0.2) is 14.4 Å². The summed E-state index contributed by atoms with van der Waals surface area (Å²) in [6.45, 7) is 7.14. The number of hydrogen-bond acceptors (Lipinski definition) is 6. The zero-order chi connectivity index (χ0) is 24.9. The van der Waals surface area contributed by atoms with Crippen LogP contribution >= 0.6 is 11.6 Å². The van der Waals surface area contributed by atoms with Crippen LogP contribution in [0.25, 0.3) is 0 Å². The van der Waals surface area contributed by atoms with Gasteiger partial charge in [-0.2, -0.15) is 0 Å². The molecule has 0 atom stereocenters. The summed E-state index contributed by atoms with van der Waals surface area (Å²) in [5.74, 6) is -0.479. The fraction of sp³-hybridized carbons (Fsp3) is 0.417. The van der Waals surface area contributed by atoms with Crippen molar-refractivity contribution in [2.24, 2.45) is 0 Å². The summed E-state index contributed by atoms with van der Waals surface area (Å²) in [7, 11) is 1.31. The summed E-state index contributed by atoms with van der Waals surface area (Å²) >= 11 is 6.04. The van der Waals surface area contributed by atoms with Gasteiger partial charge in [0, 0.05) is 43.1 Å². The van der Waals surface area contributed by atoms with Crippen LogP contribution in [0, 0.1) is 0 Å². The fourth-order valence-electron chi connectivity index (χ4n) is 3.39. The molecular weight excluding hydrogens is 460 g/mol. The van der Waals surface area contributed by atoms with E-state index in [-0.39, 0.29) is 18.7 Å². The van der Waals surface area contributed by atoms with Gasteiger partial charge in [0.1, 0.15) is 5.60 Å². The highest BCUT2D eigenvalue weighted by molar-refractivity contribution is 6.30. The van der Waals surface area contributed by atoms with E-state index in [9.17, 15) is 14.4 Å². The Balaban J connectivity index is 1.74. The van der Waals surface area contributed by atoms with Crippen LogP contribution in [0.3, 0.4) is 0 Å². The Bertz CT molecular complexity index is 1010. The Hall–Kier alpha value is -3.33. The Morgan fingerprint density at radius 1 is 1.00 bits per heavy atom. The molecule has 1 aliphatic rings. The third kappa shape index (κ3) is 6.60. The van der Waals surface area contributed by atoms with Crippen LogP contribution in [0.1, 0.15) is 36.8 Å². The summed E-state index contributed by atoms with van der Waals surface area (Å²) in [6.07, 6.45) is 1.04. The number of urea groups is 1. The number of carbonyl (C=O) groups excluding carboxylic acids is 3. The molecule has 3 amide bonds. The number of esters is 1. The number of ether oxygens (including phenoxy) is 2. The molecule has 1 aromatic heterocycles. The van der Waals surface area contributed by atoms with Crippen molar-refractivity contribution in [1.82, 2.24) is 14.8 Å². The van der Waals surface area contributed by atoms with Gasteiger partial charge in [-0.3, -0.25) is 9.88 Å². The van der Waals surface area contributed by atoms with Crippen molar-refractivity contribution in [3.63, 3.8) is 0 Å². The lowest BCUT2D eigenvalue weighted by molar-refractivity contribution is 0.0172. The van der Waals surface area contributed by atoms with E-state index in [1.807, 2.05) is 20.8 Å². The Labute approximate surface area is 204 Å². The maximum absolute atomic E-state index is 13.5. The second-order valence-electron chi connectivity index (χ2n) is 8.83. The Morgan fingerprint density at radius 2 is 1.62 bits per heavy atom. The first-order chi connectivity index (χ1) is 16.1. The molecule has 1 saturated heterocycles. The van der Waals surface area contributed by atoms with Gasteiger partial charge in [0.05, 0.1) is 24.9 Å². The van der Waals surface area contributed by atoms with Crippen LogP contribution in [0.2, 0.25) is 5.02 Å². The van der Waals surface area contributed by atoms with Crippen molar-refractivity contribution in [2.75, 3.05) is 38.2 Å². The fourth-order valence-corrected chi connectivity index (χ4v) is 3.51. The molecule has 1 aromatic carbocycles. The third-order valence-electron chi connectivity index (χ3n) is 5.14. The highest BCUT2D eigenvalue weighted by Gasteiger charge is 2.30. The lowest BCUT2D eigenvalue weighted by Crippen LogP contribution is -2.54. The van der Waals surface area contributed by atoms with Gasteiger partial charge in [-0.05, 0) is 57.2 Å². The topological polar surface area (TPSA) is 92.3 Å². The molecule has 0 aliphatic carbocycles. The first kappa shape index (κ1) is 25.3. The molecule has 0 unspecified atom stereocenters. The largest absolute Gasteiger partial charge is 0.465 e. The molecule has 2 heterocycles. The summed E-state index contributed by atoms with van der Waals surface area (Å²) < 4.78 is 10.1. The highest BCUT2D eigenvalue weighted by atomic mass is 35.5. The first-order valence-electron chi connectivity index (χ1n) is 10.9. The molecule has 1 fully saturated rings. The van der Waals surface area contributed by atoms with Gasteiger partial charge in [0.25, 0.3) is 0 Å². The number of rotatable bonds is 4. The van der Waals surface area contributed by atoms with E-state index in [2.05, 4.69) is 4.98 Å². The van der Waals surface area contributed by atoms with Crippen LogP contribution in [0.15, 0.2) is 42.6 Å². The normalized spacial score (nSPS) is 13.9. The second kappa shape index (κ2) is 10.7. The smallest absolute Gasteiger partial charge is 0.410 e. The van der Waals surface area contributed by atoms with Gasteiger partial charge < -0.3 is 19.3 Å². The van der Waals surface area contributed by atoms with Gasteiger partial charge in [-0.1, -0.05) is 11.6 Å². The van der Waals surface area contributed by atoms with Crippen molar-refractivity contribution in [3.05, 3.63) is 58.9 Å². The number of amides is 3. The number of anilines is 1. The maximum Gasteiger partial charge on any atom is 0.410 e. The zero-order valence-corrected chi connectivity index (χ0v) is 20.5. The summed E-state index contributed by atoms with van der Waals surface area (Å²) in [4.78, 5) is 46.7. The molecule has 0 N–H and O–H groups in total. The van der Waals surface area contributed by atoms with Crippen LogP contribution in [-0.4, -0.2) is 71.8 Å². The minimum Gasteiger partial charge on any atom is -0.465 e. The number of pyridine rings is 1. The van der Waals surface area contributed by atoms with Crippen LogP contribution in [-0.2, 0) is 16.0 Å². The van der Waals surface area contributed by atoms with Crippen molar-refractivity contribution >= 4 is 35.4 Å². The number of halogens is 1. The molecule has 182 valence electrons.